The number of benzene rings is 2. The van der Waals surface area contributed by atoms with Gasteiger partial charge in [-0.05, 0) is 39.7 Å². The zero-order chi connectivity index (χ0) is 14.7. The van der Waals surface area contributed by atoms with Crippen molar-refractivity contribution in [1.29, 1.82) is 0 Å². The Bertz CT molecular complexity index is 665. The Morgan fingerprint density at radius 3 is 2.70 bits per heavy atom. The van der Waals surface area contributed by atoms with Crippen LogP contribution < -0.4 is 5.32 Å². The van der Waals surface area contributed by atoms with Gasteiger partial charge < -0.3 is 5.32 Å². The highest BCUT2D eigenvalue weighted by atomic mass is 79.9. The van der Waals surface area contributed by atoms with E-state index in [1.807, 2.05) is 18.2 Å². The van der Waals surface area contributed by atoms with Gasteiger partial charge in [-0.2, -0.15) is 0 Å². The van der Waals surface area contributed by atoms with Crippen molar-refractivity contribution in [2.45, 2.75) is 6.54 Å². The number of nitrogens with zero attached hydrogens (tertiary/aromatic N) is 1. The normalized spacial score (nSPS) is 10.3. The first-order valence-corrected chi connectivity index (χ1v) is 7.56. The van der Waals surface area contributed by atoms with Gasteiger partial charge >= 0.3 is 0 Å². The van der Waals surface area contributed by atoms with Crippen molar-refractivity contribution in [3.05, 3.63) is 66.0 Å². The van der Waals surface area contributed by atoms with Crippen molar-refractivity contribution < 1.29 is 4.92 Å². The maximum atomic E-state index is 10.9. The summed E-state index contributed by atoms with van der Waals surface area (Å²) < 4.78 is 1.38. The van der Waals surface area contributed by atoms with Crippen molar-refractivity contribution >= 4 is 54.8 Å². The van der Waals surface area contributed by atoms with Crippen LogP contribution >= 0.6 is 43.5 Å². The molecule has 0 fully saturated rings. The highest BCUT2D eigenvalue weighted by Gasteiger charge is 2.14. The van der Waals surface area contributed by atoms with Gasteiger partial charge in [-0.15, -0.1) is 0 Å². The topological polar surface area (TPSA) is 55.2 Å². The summed E-state index contributed by atoms with van der Waals surface area (Å²) in [6.45, 7) is 0.429. The van der Waals surface area contributed by atoms with E-state index < -0.39 is 4.92 Å². The van der Waals surface area contributed by atoms with Gasteiger partial charge in [0.1, 0.15) is 4.47 Å². The standard InChI is InChI=1S/C13H9Br2ClN2O2/c14-9-4-5-10(16)11(6-9)17-7-8-2-1-3-12(13(8)15)18(19)20/h1-6,17H,7H2. The summed E-state index contributed by atoms with van der Waals surface area (Å²) in [5, 5.41) is 14.6. The largest absolute Gasteiger partial charge is 0.380 e. The predicted molar refractivity (Wildman–Crippen MR) is 87.3 cm³/mol. The fourth-order valence-corrected chi connectivity index (χ4v) is 2.76. The number of nitrogens with one attached hydrogen (secondary N) is 1. The van der Waals surface area contributed by atoms with E-state index in [9.17, 15) is 10.1 Å². The first-order valence-electron chi connectivity index (χ1n) is 5.59. The Hall–Kier alpha value is -1.11. The number of nitro groups is 1. The Labute approximate surface area is 137 Å². The summed E-state index contributed by atoms with van der Waals surface area (Å²) in [6, 6.07) is 10.4. The van der Waals surface area contributed by atoms with E-state index in [0.717, 1.165) is 15.7 Å². The van der Waals surface area contributed by atoms with E-state index in [-0.39, 0.29) is 5.69 Å². The molecule has 0 unspecified atom stereocenters. The second-order valence-electron chi connectivity index (χ2n) is 3.99. The number of hydrogen-bond donors (Lipinski definition) is 1. The molecule has 0 atom stereocenters. The molecule has 0 heterocycles. The van der Waals surface area contributed by atoms with Crippen molar-refractivity contribution in [2.24, 2.45) is 0 Å². The summed E-state index contributed by atoms with van der Waals surface area (Å²) in [5.74, 6) is 0. The van der Waals surface area contributed by atoms with Crippen molar-refractivity contribution in [3.63, 3.8) is 0 Å². The fraction of sp³-hybridized carbons (Fsp3) is 0.0769. The molecule has 2 aromatic carbocycles. The number of halogens is 3. The van der Waals surface area contributed by atoms with E-state index in [1.54, 1.807) is 12.1 Å². The minimum Gasteiger partial charge on any atom is -0.380 e. The predicted octanol–water partition coefficient (Wildman–Crippen LogP) is 5.39. The van der Waals surface area contributed by atoms with Crippen molar-refractivity contribution in [2.75, 3.05) is 5.32 Å². The fourth-order valence-electron chi connectivity index (χ4n) is 1.67. The van der Waals surface area contributed by atoms with Crippen LogP contribution in [0.25, 0.3) is 0 Å². The maximum absolute atomic E-state index is 10.9. The molecule has 1 N–H and O–H groups in total. The van der Waals surface area contributed by atoms with Crippen LogP contribution in [0.3, 0.4) is 0 Å². The lowest BCUT2D eigenvalue weighted by molar-refractivity contribution is -0.385. The molecule has 0 bridgehead atoms. The summed E-state index contributed by atoms with van der Waals surface area (Å²) in [6.07, 6.45) is 0. The van der Waals surface area contributed by atoms with Gasteiger partial charge in [0.05, 0.1) is 15.6 Å². The third-order valence-corrected chi connectivity index (χ3v) is 4.39. The Kier molecular flexibility index (Phi) is 5.01. The summed E-state index contributed by atoms with van der Waals surface area (Å²) in [7, 11) is 0. The van der Waals surface area contributed by atoms with Gasteiger partial charge in [-0.3, -0.25) is 10.1 Å². The third-order valence-electron chi connectivity index (χ3n) is 2.65. The zero-order valence-electron chi connectivity index (χ0n) is 10.1. The molecule has 0 radical (unpaired) electrons. The number of anilines is 1. The lowest BCUT2D eigenvalue weighted by Gasteiger charge is -2.10. The van der Waals surface area contributed by atoms with Gasteiger partial charge in [0.2, 0.25) is 0 Å². The molecule has 0 aliphatic carbocycles. The third kappa shape index (κ3) is 3.50. The Morgan fingerprint density at radius 1 is 1.25 bits per heavy atom. The monoisotopic (exact) mass is 418 g/mol. The Morgan fingerprint density at radius 2 is 2.00 bits per heavy atom. The molecule has 4 nitrogen and oxygen atoms in total. The van der Waals surface area contributed by atoms with E-state index in [2.05, 4.69) is 37.2 Å². The second-order valence-corrected chi connectivity index (χ2v) is 6.10. The van der Waals surface area contributed by atoms with Crippen LogP contribution in [0.5, 0.6) is 0 Å². The van der Waals surface area contributed by atoms with E-state index in [4.69, 9.17) is 11.6 Å². The molecule has 7 heteroatoms. The number of rotatable bonds is 4. The first kappa shape index (κ1) is 15.3. The minimum absolute atomic E-state index is 0.0460. The van der Waals surface area contributed by atoms with E-state index >= 15 is 0 Å². The highest BCUT2D eigenvalue weighted by molar-refractivity contribution is 9.11. The molecule has 20 heavy (non-hydrogen) atoms. The Balaban J connectivity index is 2.21. The van der Waals surface area contributed by atoms with Gasteiger partial charge in [-0.25, -0.2) is 0 Å². The molecule has 0 aromatic heterocycles. The molecule has 0 amide bonds. The molecule has 0 spiro atoms. The van der Waals surface area contributed by atoms with Gasteiger partial charge in [-0.1, -0.05) is 39.7 Å². The average molecular weight is 420 g/mol. The lowest BCUT2D eigenvalue weighted by atomic mass is 10.2. The summed E-state index contributed by atoms with van der Waals surface area (Å²) in [4.78, 5) is 10.5. The molecule has 0 saturated carbocycles. The van der Waals surface area contributed by atoms with Crippen LogP contribution in [0.15, 0.2) is 45.3 Å². The molecule has 0 aliphatic rings. The van der Waals surface area contributed by atoms with Gasteiger partial charge in [0.15, 0.2) is 0 Å². The number of nitro benzene ring substituents is 1. The molecule has 2 rings (SSSR count). The molecular weight excluding hydrogens is 411 g/mol. The molecular formula is C13H9Br2ClN2O2. The van der Waals surface area contributed by atoms with Crippen LogP contribution in [0.1, 0.15) is 5.56 Å². The van der Waals surface area contributed by atoms with Crippen LogP contribution in [0.4, 0.5) is 11.4 Å². The van der Waals surface area contributed by atoms with E-state index in [0.29, 0.717) is 16.0 Å². The summed E-state index contributed by atoms with van der Waals surface area (Å²) in [5.41, 5.74) is 1.60. The van der Waals surface area contributed by atoms with E-state index in [1.165, 1.54) is 6.07 Å². The highest BCUT2D eigenvalue weighted by Crippen LogP contribution is 2.30. The SMILES string of the molecule is O=[N+]([O-])c1cccc(CNc2cc(Br)ccc2Cl)c1Br. The van der Waals surface area contributed by atoms with Crippen LogP contribution in [-0.4, -0.2) is 4.92 Å². The minimum atomic E-state index is -0.417. The van der Waals surface area contributed by atoms with Gasteiger partial charge in [0.25, 0.3) is 5.69 Å². The second kappa shape index (κ2) is 6.56. The molecule has 2 aromatic rings. The smallest absolute Gasteiger partial charge is 0.283 e. The zero-order valence-corrected chi connectivity index (χ0v) is 14.0. The van der Waals surface area contributed by atoms with Crippen LogP contribution in [0, 0.1) is 10.1 Å². The maximum Gasteiger partial charge on any atom is 0.283 e. The molecule has 0 aliphatic heterocycles. The average Bonchev–Trinajstić information content (AvgIpc) is 2.41. The van der Waals surface area contributed by atoms with Crippen molar-refractivity contribution in [1.82, 2.24) is 0 Å². The van der Waals surface area contributed by atoms with Crippen LogP contribution in [-0.2, 0) is 6.54 Å². The van der Waals surface area contributed by atoms with Crippen molar-refractivity contribution in [3.8, 4) is 0 Å². The van der Waals surface area contributed by atoms with Crippen LogP contribution in [0.2, 0.25) is 5.02 Å². The lowest BCUT2D eigenvalue weighted by Crippen LogP contribution is -2.02. The first-order chi connectivity index (χ1) is 9.49. The molecule has 104 valence electrons. The number of hydrogen-bond acceptors (Lipinski definition) is 3. The molecule has 0 saturated heterocycles. The van der Waals surface area contributed by atoms with Gasteiger partial charge in [0, 0.05) is 17.1 Å². The summed E-state index contributed by atoms with van der Waals surface area (Å²) >= 11 is 12.7. The quantitative estimate of drug-likeness (QED) is 0.533.